The molecule has 3 aliphatic rings. The molecular formula is C24H33N5O2. The van der Waals surface area contributed by atoms with Crippen LogP contribution in [0.1, 0.15) is 12.8 Å². The molecule has 2 saturated heterocycles. The number of aliphatic hydroxyl groups is 1. The van der Waals surface area contributed by atoms with E-state index in [1.54, 1.807) is 0 Å². The fraction of sp³-hybridized carbons (Fsp3) is 0.583. The maximum atomic E-state index is 10.8. The van der Waals surface area contributed by atoms with Gasteiger partial charge in [0.1, 0.15) is 0 Å². The van der Waals surface area contributed by atoms with E-state index in [0.29, 0.717) is 11.8 Å². The first kappa shape index (κ1) is 20.7. The lowest BCUT2D eigenvalue weighted by molar-refractivity contribution is -0.0520. The van der Waals surface area contributed by atoms with Crippen molar-refractivity contribution < 1.29 is 9.84 Å². The zero-order chi connectivity index (χ0) is 21.4. The van der Waals surface area contributed by atoms with Crippen LogP contribution in [0.15, 0.2) is 36.5 Å². The molecule has 7 nitrogen and oxygen atoms in total. The molecule has 4 atom stereocenters. The van der Waals surface area contributed by atoms with Crippen LogP contribution >= 0.6 is 0 Å². The van der Waals surface area contributed by atoms with Crippen LogP contribution in [0.5, 0.6) is 0 Å². The van der Waals surface area contributed by atoms with E-state index in [4.69, 9.17) is 9.72 Å². The van der Waals surface area contributed by atoms with Gasteiger partial charge in [-0.1, -0.05) is 12.1 Å². The second-order valence-corrected chi connectivity index (χ2v) is 9.36. The summed E-state index contributed by atoms with van der Waals surface area (Å²) in [4.78, 5) is 16.3. The molecule has 2 aromatic rings. The Labute approximate surface area is 184 Å². The van der Waals surface area contributed by atoms with Gasteiger partial charge < -0.3 is 19.6 Å². The third kappa shape index (κ3) is 4.27. The van der Waals surface area contributed by atoms with Gasteiger partial charge in [-0.05, 0) is 42.9 Å². The number of fused-ring (bicyclic) bond motifs is 1. The van der Waals surface area contributed by atoms with Crippen molar-refractivity contribution in [2.45, 2.75) is 25.0 Å². The summed E-state index contributed by atoms with van der Waals surface area (Å²) in [6, 6.07) is 10.7. The van der Waals surface area contributed by atoms with E-state index in [9.17, 15) is 5.11 Å². The molecule has 0 radical (unpaired) electrons. The maximum absolute atomic E-state index is 10.8. The van der Waals surface area contributed by atoms with Crippen molar-refractivity contribution in [2.24, 2.45) is 11.8 Å². The largest absolute Gasteiger partial charge is 0.391 e. The molecule has 31 heavy (non-hydrogen) atoms. The van der Waals surface area contributed by atoms with Crippen molar-refractivity contribution in [1.29, 1.82) is 0 Å². The Balaban J connectivity index is 1.29. The van der Waals surface area contributed by atoms with Crippen molar-refractivity contribution >= 4 is 11.6 Å². The molecule has 166 valence electrons. The number of rotatable bonds is 4. The lowest BCUT2D eigenvalue weighted by atomic mass is 9.77. The summed E-state index contributed by atoms with van der Waals surface area (Å²) in [5.74, 6) is 1.91. The van der Waals surface area contributed by atoms with Gasteiger partial charge in [0, 0.05) is 63.8 Å². The van der Waals surface area contributed by atoms with E-state index >= 15 is 0 Å². The van der Waals surface area contributed by atoms with Crippen LogP contribution in [-0.2, 0) is 4.74 Å². The number of ether oxygens (including phenoxy) is 1. The standard InChI is InChI=1S/C24H33N5O2/c1-27(2)20-5-3-17(4-6-20)21-7-8-25-24(26-21)29-15-18-13-22(23(30)14-19(18)16-29)28-9-11-31-12-10-28/h3-8,18-19,22-23,30H,9-16H2,1-2H3/t18-,19+,22-,23-/m1/s1. The van der Waals surface area contributed by atoms with Crippen LogP contribution in [0.4, 0.5) is 11.6 Å². The van der Waals surface area contributed by atoms with Crippen molar-refractivity contribution in [1.82, 2.24) is 14.9 Å². The normalized spacial score (nSPS) is 29.1. The minimum atomic E-state index is -0.248. The number of anilines is 2. The topological polar surface area (TPSA) is 65.0 Å². The van der Waals surface area contributed by atoms with Gasteiger partial charge in [0.2, 0.25) is 5.95 Å². The second-order valence-electron chi connectivity index (χ2n) is 9.36. The molecule has 3 fully saturated rings. The van der Waals surface area contributed by atoms with Crippen LogP contribution in [-0.4, -0.2) is 85.6 Å². The number of aliphatic hydroxyl groups excluding tert-OH is 1. The van der Waals surface area contributed by atoms with Gasteiger partial charge in [0.05, 0.1) is 25.0 Å². The average Bonchev–Trinajstić information content (AvgIpc) is 3.22. The SMILES string of the molecule is CN(C)c1ccc(-c2ccnc(N3C[C@H]4C[C@@H](N5CCOCC5)[C@H](O)C[C@H]4C3)n2)cc1. The van der Waals surface area contributed by atoms with Gasteiger partial charge in [0.15, 0.2) is 0 Å². The lowest BCUT2D eigenvalue weighted by Gasteiger charge is -2.43. The number of aromatic nitrogens is 2. The summed E-state index contributed by atoms with van der Waals surface area (Å²) < 4.78 is 5.50. The first-order valence-electron chi connectivity index (χ1n) is 11.4. The molecular weight excluding hydrogens is 390 g/mol. The first-order chi connectivity index (χ1) is 15.1. The predicted molar refractivity (Wildman–Crippen MR) is 122 cm³/mol. The minimum absolute atomic E-state index is 0.248. The number of benzene rings is 1. The van der Waals surface area contributed by atoms with Crippen LogP contribution in [0.25, 0.3) is 11.3 Å². The van der Waals surface area contributed by atoms with E-state index in [2.05, 4.69) is 43.9 Å². The molecule has 1 aliphatic carbocycles. The van der Waals surface area contributed by atoms with Crippen molar-refractivity contribution in [3.8, 4) is 11.3 Å². The first-order valence-corrected chi connectivity index (χ1v) is 11.4. The summed E-state index contributed by atoms with van der Waals surface area (Å²) in [6.07, 6.45) is 3.54. The summed E-state index contributed by atoms with van der Waals surface area (Å²) >= 11 is 0. The molecule has 1 aromatic carbocycles. The quantitative estimate of drug-likeness (QED) is 0.808. The summed E-state index contributed by atoms with van der Waals surface area (Å²) in [6.45, 7) is 5.32. The summed E-state index contributed by atoms with van der Waals surface area (Å²) in [7, 11) is 4.09. The fourth-order valence-electron chi connectivity index (χ4n) is 5.46. The Morgan fingerprint density at radius 1 is 1.00 bits per heavy atom. The lowest BCUT2D eigenvalue weighted by Crippen LogP contribution is -2.53. The van der Waals surface area contributed by atoms with Gasteiger partial charge in [-0.2, -0.15) is 0 Å². The minimum Gasteiger partial charge on any atom is -0.391 e. The average molecular weight is 424 g/mol. The highest BCUT2D eigenvalue weighted by atomic mass is 16.5. The molecule has 0 bridgehead atoms. The highest BCUT2D eigenvalue weighted by Crippen LogP contribution is 2.39. The number of hydrogen-bond donors (Lipinski definition) is 1. The molecule has 1 aromatic heterocycles. The Morgan fingerprint density at radius 3 is 2.42 bits per heavy atom. The smallest absolute Gasteiger partial charge is 0.225 e. The number of hydrogen-bond acceptors (Lipinski definition) is 7. The molecule has 7 heteroatoms. The third-order valence-electron chi connectivity index (χ3n) is 7.23. The van der Waals surface area contributed by atoms with Crippen molar-refractivity contribution in [2.75, 3.05) is 63.3 Å². The number of morpholine rings is 1. The highest BCUT2D eigenvalue weighted by molar-refractivity contribution is 5.63. The van der Waals surface area contributed by atoms with Crippen LogP contribution in [0.2, 0.25) is 0 Å². The summed E-state index contributed by atoms with van der Waals surface area (Å²) in [5.41, 5.74) is 3.24. The zero-order valence-corrected chi connectivity index (χ0v) is 18.5. The van der Waals surface area contributed by atoms with Gasteiger partial charge in [-0.15, -0.1) is 0 Å². The molecule has 0 spiro atoms. The van der Waals surface area contributed by atoms with Gasteiger partial charge in [-0.3, -0.25) is 4.90 Å². The Morgan fingerprint density at radius 2 is 1.71 bits per heavy atom. The van der Waals surface area contributed by atoms with Crippen LogP contribution in [0.3, 0.4) is 0 Å². The monoisotopic (exact) mass is 423 g/mol. The van der Waals surface area contributed by atoms with E-state index in [1.165, 1.54) is 5.69 Å². The van der Waals surface area contributed by atoms with E-state index in [0.717, 1.165) is 69.4 Å². The van der Waals surface area contributed by atoms with Gasteiger partial charge >= 0.3 is 0 Å². The Kier molecular flexibility index (Phi) is 5.82. The Hall–Kier alpha value is -2.22. The van der Waals surface area contributed by atoms with Crippen LogP contribution in [0, 0.1) is 11.8 Å². The van der Waals surface area contributed by atoms with E-state index in [1.807, 2.05) is 26.4 Å². The number of nitrogens with zero attached hydrogens (tertiary/aromatic N) is 5. The molecule has 5 rings (SSSR count). The molecule has 0 unspecified atom stereocenters. The Bertz CT molecular complexity index is 884. The molecule has 3 heterocycles. The predicted octanol–water partition coefficient (Wildman–Crippen LogP) is 2.12. The third-order valence-corrected chi connectivity index (χ3v) is 7.23. The van der Waals surface area contributed by atoms with Gasteiger partial charge in [-0.25, -0.2) is 9.97 Å². The van der Waals surface area contributed by atoms with Crippen molar-refractivity contribution in [3.05, 3.63) is 36.5 Å². The zero-order valence-electron chi connectivity index (χ0n) is 18.5. The molecule has 1 saturated carbocycles. The molecule has 1 N–H and O–H groups in total. The maximum Gasteiger partial charge on any atom is 0.225 e. The second kappa shape index (κ2) is 8.73. The van der Waals surface area contributed by atoms with Crippen molar-refractivity contribution in [3.63, 3.8) is 0 Å². The van der Waals surface area contributed by atoms with Crippen LogP contribution < -0.4 is 9.80 Å². The van der Waals surface area contributed by atoms with E-state index < -0.39 is 0 Å². The summed E-state index contributed by atoms with van der Waals surface area (Å²) in [5, 5.41) is 10.8. The van der Waals surface area contributed by atoms with E-state index in [-0.39, 0.29) is 12.1 Å². The van der Waals surface area contributed by atoms with Gasteiger partial charge in [0.25, 0.3) is 0 Å². The fourth-order valence-corrected chi connectivity index (χ4v) is 5.46. The molecule has 2 aliphatic heterocycles. The highest BCUT2D eigenvalue weighted by Gasteiger charge is 2.44. The molecule has 0 amide bonds.